The van der Waals surface area contributed by atoms with Gasteiger partial charge in [0.15, 0.2) is 5.69 Å². The van der Waals surface area contributed by atoms with Crippen LogP contribution >= 0.6 is 0 Å². The molecular weight excluding hydrogens is 272 g/mol. The first-order valence-electron chi connectivity index (χ1n) is 6.45. The van der Waals surface area contributed by atoms with Gasteiger partial charge in [-0.1, -0.05) is 6.07 Å². The van der Waals surface area contributed by atoms with Gasteiger partial charge in [-0.15, -0.1) is 0 Å². The molecule has 0 saturated heterocycles. The summed E-state index contributed by atoms with van der Waals surface area (Å²) in [5, 5.41) is 9.29. The van der Waals surface area contributed by atoms with Crippen LogP contribution in [0.4, 0.5) is 11.4 Å². The standard InChI is InChI=1S/C14H18N4O3/c1-9-12(15)13(18-17-9)14(19)16-10-4-3-5-11(8-10)21-7-6-20-2/h3-5,8H,6-7,15H2,1-2H3,(H,16,19)(H,17,18). The minimum absolute atomic E-state index is 0.179. The number of hydrogen-bond acceptors (Lipinski definition) is 5. The van der Waals surface area contributed by atoms with Crippen molar-refractivity contribution in [3.63, 3.8) is 0 Å². The number of nitrogen functional groups attached to an aromatic ring is 1. The number of benzene rings is 1. The molecule has 1 amide bonds. The smallest absolute Gasteiger partial charge is 0.278 e. The number of aryl methyl sites for hydroxylation is 1. The predicted octanol–water partition coefficient (Wildman–Crippen LogP) is 1.58. The van der Waals surface area contributed by atoms with Crippen LogP contribution in [0.1, 0.15) is 16.2 Å². The molecule has 1 heterocycles. The lowest BCUT2D eigenvalue weighted by molar-refractivity contribution is 0.102. The summed E-state index contributed by atoms with van der Waals surface area (Å²) in [6, 6.07) is 7.08. The van der Waals surface area contributed by atoms with Crippen LogP contribution in [-0.2, 0) is 4.74 Å². The lowest BCUT2D eigenvalue weighted by Crippen LogP contribution is -2.14. The average molecular weight is 290 g/mol. The van der Waals surface area contributed by atoms with Crippen molar-refractivity contribution in [3.8, 4) is 5.75 Å². The third kappa shape index (κ3) is 3.73. The van der Waals surface area contributed by atoms with E-state index in [1.165, 1.54) is 0 Å². The van der Waals surface area contributed by atoms with Gasteiger partial charge in [0, 0.05) is 18.9 Å². The van der Waals surface area contributed by atoms with Gasteiger partial charge in [-0.25, -0.2) is 0 Å². The van der Waals surface area contributed by atoms with E-state index in [9.17, 15) is 4.79 Å². The van der Waals surface area contributed by atoms with Crippen LogP contribution in [0.2, 0.25) is 0 Å². The Kier molecular flexibility index (Phi) is 4.78. The van der Waals surface area contributed by atoms with Crippen LogP contribution in [0, 0.1) is 6.92 Å². The van der Waals surface area contributed by atoms with Crippen molar-refractivity contribution >= 4 is 17.3 Å². The van der Waals surface area contributed by atoms with Gasteiger partial charge in [-0.2, -0.15) is 5.10 Å². The molecule has 7 nitrogen and oxygen atoms in total. The molecule has 21 heavy (non-hydrogen) atoms. The predicted molar refractivity (Wildman–Crippen MR) is 79.5 cm³/mol. The van der Waals surface area contributed by atoms with Crippen LogP contribution in [0.3, 0.4) is 0 Å². The summed E-state index contributed by atoms with van der Waals surface area (Å²) >= 11 is 0. The molecule has 0 aliphatic rings. The van der Waals surface area contributed by atoms with E-state index in [-0.39, 0.29) is 11.6 Å². The van der Waals surface area contributed by atoms with Crippen molar-refractivity contribution in [3.05, 3.63) is 35.7 Å². The summed E-state index contributed by atoms with van der Waals surface area (Å²) < 4.78 is 10.4. The van der Waals surface area contributed by atoms with Crippen molar-refractivity contribution in [2.24, 2.45) is 0 Å². The lowest BCUT2D eigenvalue weighted by Gasteiger charge is -2.08. The van der Waals surface area contributed by atoms with Gasteiger partial charge < -0.3 is 20.5 Å². The summed E-state index contributed by atoms with van der Waals surface area (Å²) in [5.41, 5.74) is 7.57. The molecule has 1 aromatic carbocycles. The number of hydrogen-bond donors (Lipinski definition) is 3. The fraction of sp³-hybridized carbons (Fsp3) is 0.286. The SMILES string of the molecule is COCCOc1cccc(NC(=O)c2n[nH]c(C)c2N)c1. The minimum Gasteiger partial charge on any atom is -0.491 e. The molecule has 0 atom stereocenters. The van der Waals surface area contributed by atoms with Gasteiger partial charge in [0.05, 0.1) is 18.0 Å². The van der Waals surface area contributed by atoms with E-state index in [0.29, 0.717) is 36.0 Å². The Bertz CT molecular complexity index is 624. The van der Waals surface area contributed by atoms with Crippen LogP contribution in [-0.4, -0.2) is 36.4 Å². The number of rotatable bonds is 6. The van der Waals surface area contributed by atoms with Crippen LogP contribution in [0.15, 0.2) is 24.3 Å². The molecule has 0 radical (unpaired) electrons. The van der Waals surface area contributed by atoms with Crippen molar-refractivity contribution in [1.29, 1.82) is 0 Å². The molecule has 2 rings (SSSR count). The zero-order chi connectivity index (χ0) is 15.2. The maximum absolute atomic E-state index is 12.1. The Balaban J connectivity index is 2.04. The Labute approximate surface area is 122 Å². The second-order valence-corrected chi connectivity index (χ2v) is 4.43. The van der Waals surface area contributed by atoms with Gasteiger partial charge in [-0.05, 0) is 19.1 Å². The molecule has 112 valence electrons. The molecule has 1 aromatic heterocycles. The minimum atomic E-state index is -0.370. The molecule has 0 bridgehead atoms. The van der Waals surface area contributed by atoms with Gasteiger partial charge >= 0.3 is 0 Å². The van der Waals surface area contributed by atoms with Gasteiger partial charge in [0.25, 0.3) is 5.91 Å². The summed E-state index contributed by atoms with van der Waals surface area (Å²) in [4.78, 5) is 12.1. The summed E-state index contributed by atoms with van der Waals surface area (Å²) in [5.74, 6) is 0.280. The van der Waals surface area contributed by atoms with Crippen molar-refractivity contribution in [2.45, 2.75) is 6.92 Å². The summed E-state index contributed by atoms with van der Waals surface area (Å²) in [6.45, 7) is 2.70. The zero-order valence-corrected chi connectivity index (χ0v) is 12.0. The number of nitrogens with one attached hydrogen (secondary N) is 2. The van der Waals surface area contributed by atoms with Gasteiger partial charge in [0.1, 0.15) is 12.4 Å². The van der Waals surface area contributed by atoms with Crippen molar-refractivity contribution in [2.75, 3.05) is 31.4 Å². The number of carbonyl (C=O) groups is 1. The molecule has 0 fully saturated rings. The van der Waals surface area contributed by atoms with E-state index in [4.69, 9.17) is 15.2 Å². The number of ether oxygens (including phenoxy) is 2. The lowest BCUT2D eigenvalue weighted by atomic mass is 10.2. The summed E-state index contributed by atoms with van der Waals surface area (Å²) in [6.07, 6.45) is 0. The average Bonchev–Trinajstić information content (AvgIpc) is 2.80. The van der Waals surface area contributed by atoms with E-state index < -0.39 is 0 Å². The Hall–Kier alpha value is -2.54. The molecule has 2 aromatic rings. The highest BCUT2D eigenvalue weighted by atomic mass is 16.5. The van der Waals surface area contributed by atoms with Gasteiger partial charge in [-0.3, -0.25) is 9.89 Å². The number of nitrogens with zero attached hydrogens (tertiary/aromatic N) is 1. The molecule has 0 aliphatic carbocycles. The first-order valence-corrected chi connectivity index (χ1v) is 6.45. The third-order valence-electron chi connectivity index (χ3n) is 2.86. The molecular formula is C14H18N4O3. The quantitative estimate of drug-likeness (QED) is 0.701. The number of methoxy groups -OCH3 is 1. The molecule has 0 spiro atoms. The van der Waals surface area contributed by atoms with E-state index in [1.54, 1.807) is 38.3 Å². The summed E-state index contributed by atoms with van der Waals surface area (Å²) in [7, 11) is 1.61. The van der Waals surface area contributed by atoms with Crippen LogP contribution < -0.4 is 15.8 Å². The topological polar surface area (TPSA) is 102 Å². The monoisotopic (exact) mass is 290 g/mol. The normalized spacial score (nSPS) is 10.4. The van der Waals surface area contributed by atoms with E-state index in [0.717, 1.165) is 0 Å². The highest BCUT2D eigenvalue weighted by Gasteiger charge is 2.15. The van der Waals surface area contributed by atoms with E-state index in [1.807, 2.05) is 0 Å². The number of carbonyl (C=O) groups excluding carboxylic acids is 1. The first-order chi connectivity index (χ1) is 10.1. The van der Waals surface area contributed by atoms with Crippen molar-refractivity contribution < 1.29 is 14.3 Å². The van der Waals surface area contributed by atoms with E-state index >= 15 is 0 Å². The first kappa shape index (κ1) is 14.9. The largest absolute Gasteiger partial charge is 0.491 e. The number of amides is 1. The molecule has 0 saturated carbocycles. The number of aromatic nitrogens is 2. The van der Waals surface area contributed by atoms with Gasteiger partial charge in [0.2, 0.25) is 0 Å². The zero-order valence-electron chi connectivity index (χ0n) is 12.0. The van der Waals surface area contributed by atoms with Crippen LogP contribution in [0.5, 0.6) is 5.75 Å². The Morgan fingerprint density at radius 2 is 2.24 bits per heavy atom. The number of nitrogens with two attached hydrogens (primary N) is 1. The third-order valence-corrected chi connectivity index (χ3v) is 2.86. The second-order valence-electron chi connectivity index (χ2n) is 4.43. The fourth-order valence-corrected chi connectivity index (χ4v) is 1.71. The van der Waals surface area contributed by atoms with Crippen molar-refractivity contribution in [1.82, 2.24) is 10.2 Å². The van der Waals surface area contributed by atoms with Crippen LogP contribution in [0.25, 0.3) is 0 Å². The molecule has 0 aliphatic heterocycles. The molecule has 4 N–H and O–H groups in total. The highest BCUT2D eigenvalue weighted by molar-refractivity contribution is 6.06. The molecule has 7 heteroatoms. The highest BCUT2D eigenvalue weighted by Crippen LogP contribution is 2.19. The maximum atomic E-state index is 12.1. The number of anilines is 2. The number of H-pyrrole nitrogens is 1. The number of aromatic amines is 1. The fourth-order valence-electron chi connectivity index (χ4n) is 1.71. The Morgan fingerprint density at radius 1 is 1.43 bits per heavy atom. The second kappa shape index (κ2) is 6.76. The maximum Gasteiger partial charge on any atom is 0.278 e. The van der Waals surface area contributed by atoms with E-state index in [2.05, 4.69) is 15.5 Å². The Morgan fingerprint density at radius 3 is 2.90 bits per heavy atom. The molecule has 0 unspecified atom stereocenters.